The average molecular weight is 364 g/mol. The quantitative estimate of drug-likeness (QED) is 0.639. The van der Waals surface area contributed by atoms with Crippen molar-refractivity contribution >= 4 is 23.7 Å². The summed E-state index contributed by atoms with van der Waals surface area (Å²) in [5.41, 5.74) is 2.23. The lowest BCUT2D eigenvalue weighted by atomic mass is 10.1. The van der Waals surface area contributed by atoms with Gasteiger partial charge in [-0.2, -0.15) is 0 Å². The summed E-state index contributed by atoms with van der Waals surface area (Å²) in [4.78, 5) is 23.1. The van der Waals surface area contributed by atoms with E-state index in [4.69, 9.17) is 14.4 Å². The Morgan fingerprint density at radius 1 is 1.11 bits per heavy atom. The molecule has 7 nitrogen and oxygen atoms in total. The van der Waals surface area contributed by atoms with Crippen LogP contribution in [0.15, 0.2) is 65.3 Å². The number of nitrogens with zero attached hydrogens (tertiary/aromatic N) is 1. The maximum Gasteiger partial charge on any atom is 0.344 e. The third-order valence-corrected chi connectivity index (χ3v) is 3.77. The van der Waals surface area contributed by atoms with Gasteiger partial charge in [0.05, 0.1) is 12.7 Å². The standard InChI is InChI=1S/C20H16N2O5/c1-26-20(25)17-16(27-22-18(17)13-5-3-2-4-6-13)11-12-21-15-9-7-14(8-10-15)19(23)24/h2-12,21H,1H3,(H,23,24). The molecule has 2 N–H and O–H groups in total. The molecule has 0 aliphatic carbocycles. The molecule has 136 valence electrons. The molecule has 0 radical (unpaired) electrons. The lowest BCUT2D eigenvalue weighted by molar-refractivity contribution is 0.0599. The topological polar surface area (TPSA) is 102 Å². The lowest BCUT2D eigenvalue weighted by Gasteiger charge is -2.02. The molecule has 0 aliphatic rings. The van der Waals surface area contributed by atoms with Crippen molar-refractivity contribution in [1.29, 1.82) is 0 Å². The van der Waals surface area contributed by atoms with Crippen molar-refractivity contribution in [2.45, 2.75) is 0 Å². The molecule has 3 aromatic rings. The highest BCUT2D eigenvalue weighted by atomic mass is 16.5. The Labute approximate surface area is 154 Å². The molecule has 0 aliphatic heterocycles. The maximum absolute atomic E-state index is 12.2. The number of carbonyl (C=O) groups excluding carboxylic acids is 1. The molecular formula is C20H16N2O5. The zero-order valence-electron chi connectivity index (χ0n) is 14.4. The van der Waals surface area contributed by atoms with Gasteiger partial charge in [0.1, 0.15) is 11.3 Å². The number of rotatable bonds is 6. The zero-order valence-corrected chi connectivity index (χ0v) is 14.4. The van der Waals surface area contributed by atoms with E-state index in [1.807, 2.05) is 30.3 Å². The van der Waals surface area contributed by atoms with Crippen LogP contribution in [-0.4, -0.2) is 29.3 Å². The normalized spacial score (nSPS) is 10.7. The van der Waals surface area contributed by atoms with Gasteiger partial charge in [-0.05, 0) is 24.3 Å². The maximum atomic E-state index is 12.2. The largest absolute Gasteiger partial charge is 0.478 e. The van der Waals surface area contributed by atoms with Crippen molar-refractivity contribution in [3.8, 4) is 11.3 Å². The predicted molar refractivity (Wildman–Crippen MR) is 99.3 cm³/mol. The fraction of sp³-hybridized carbons (Fsp3) is 0.0500. The number of esters is 1. The van der Waals surface area contributed by atoms with Crippen LogP contribution in [0.2, 0.25) is 0 Å². The van der Waals surface area contributed by atoms with Gasteiger partial charge >= 0.3 is 11.9 Å². The van der Waals surface area contributed by atoms with Crippen molar-refractivity contribution in [2.24, 2.45) is 0 Å². The SMILES string of the molecule is COC(=O)c1c(-c2ccccc2)noc1C=CNc1ccc(C(=O)O)cc1. The second-order valence-electron chi connectivity index (χ2n) is 5.49. The molecule has 0 spiro atoms. The van der Waals surface area contributed by atoms with Crippen LogP contribution >= 0.6 is 0 Å². The number of hydrogen-bond acceptors (Lipinski definition) is 6. The van der Waals surface area contributed by atoms with Crippen LogP contribution in [0.25, 0.3) is 17.3 Å². The number of carbonyl (C=O) groups is 2. The van der Waals surface area contributed by atoms with Gasteiger partial charge in [-0.15, -0.1) is 0 Å². The summed E-state index contributed by atoms with van der Waals surface area (Å²) in [6.07, 6.45) is 3.12. The predicted octanol–water partition coefficient (Wildman–Crippen LogP) is 3.91. The number of carboxylic acid groups (broad SMARTS) is 1. The molecule has 0 amide bonds. The number of ether oxygens (including phenoxy) is 1. The molecule has 0 bridgehead atoms. The van der Waals surface area contributed by atoms with E-state index in [1.165, 1.54) is 19.2 Å². The number of benzene rings is 2. The van der Waals surface area contributed by atoms with Crippen LogP contribution in [0.1, 0.15) is 26.5 Å². The fourth-order valence-electron chi connectivity index (χ4n) is 2.43. The summed E-state index contributed by atoms with van der Waals surface area (Å²) in [6.45, 7) is 0. The summed E-state index contributed by atoms with van der Waals surface area (Å²) in [7, 11) is 1.29. The molecule has 0 unspecified atom stereocenters. The molecule has 1 heterocycles. The molecule has 0 atom stereocenters. The van der Waals surface area contributed by atoms with Crippen molar-refractivity contribution in [1.82, 2.24) is 5.16 Å². The third-order valence-electron chi connectivity index (χ3n) is 3.77. The first kappa shape index (κ1) is 17.9. The number of anilines is 1. The molecule has 7 heteroatoms. The van der Waals surface area contributed by atoms with Crippen molar-refractivity contribution in [3.05, 3.63) is 77.7 Å². The molecule has 3 rings (SSSR count). The Balaban J connectivity index is 1.84. The molecule has 2 aromatic carbocycles. The van der Waals surface area contributed by atoms with Crippen LogP contribution < -0.4 is 5.32 Å². The summed E-state index contributed by atoms with van der Waals surface area (Å²) < 4.78 is 10.2. The highest BCUT2D eigenvalue weighted by Crippen LogP contribution is 2.27. The minimum Gasteiger partial charge on any atom is -0.478 e. The fourth-order valence-corrected chi connectivity index (χ4v) is 2.43. The summed E-state index contributed by atoms with van der Waals surface area (Å²) in [5.74, 6) is -1.30. The summed E-state index contributed by atoms with van der Waals surface area (Å²) >= 11 is 0. The molecule has 0 saturated carbocycles. The summed E-state index contributed by atoms with van der Waals surface area (Å²) in [6, 6.07) is 15.4. The highest BCUT2D eigenvalue weighted by molar-refractivity contribution is 5.99. The van der Waals surface area contributed by atoms with E-state index in [0.29, 0.717) is 11.4 Å². The zero-order chi connectivity index (χ0) is 19.2. The molecular weight excluding hydrogens is 348 g/mol. The smallest absolute Gasteiger partial charge is 0.344 e. The van der Waals surface area contributed by atoms with E-state index in [-0.39, 0.29) is 16.9 Å². The van der Waals surface area contributed by atoms with Crippen LogP contribution in [0.3, 0.4) is 0 Å². The second kappa shape index (κ2) is 8.01. The van der Waals surface area contributed by atoms with Crippen LogP contribution in [0, 0.1) is 0 Å². The summed E-state index contributed by atoms with van der Waals surface area (Å²) in [5, 5.41) is 15.9. The first-order valence-electron chi connectivity index (χ1n) is 8.00. The van der Waals surface area contributed by atoms with Gasteiger partial charge in [0.25, 0.3) is 0 Å². The van der Waals surface area contributed by atoms with E-state index in [0.717, 1.165) is 5.56 Å². The molecule has 27 heavy (non-hydrogen) atoms. The lowest BCUT2D eigenvalue weighted by Crippen LogP contribution is -2.03. The molecule has 0 fully saturated rings. The van der Waals surface area contributed by atoms with Gasteiger partial charge in [0.2, 0.25) is 0 Å². The van der Waals surface area contributed by atoms with Crippen molar-refractivity contribution in [3.63, 3.8) is 0 Å². The van der Waals surface area contributed by atoms with Gasteiger partial charge in [-0.3, -0.25) is 0 Å². The Bertz CT molecular complexity index is 975. The average Bonchev–Trinajstić information content (AvgIpc) is 3.12. The monoisotopic (exact) mass is 364 g/mol. The van der Waals surface area contributed by atoms with Gasteiger partial charge in [0.15, 0.2) is 5.76 Å². The molecule has 0 saturated heterocycles. The number of methoxy groups -OCH3 is 1. The number of nitrogens with one attached hydrogen (secondary N) is 1. The van der Waals surface area contributed by atoms with E-state index in [9.17, 15) is 9.59 Å². The first-order chi connectivity index (χ1) is 13.1. The van der Waals surface area contributed by atoms with Crippen molar-refractivity contribution < 1.29 is 24.0 Å². The first-order valence-corrected chi connectivity index (χ1v) is 8.00. The Kier molecular flexibility index (Phi) is 5.32. The van der Waals surface area contributed by atoms with Gasteiger partial charge in [0, 0.05) is 23.5 Å². The van der Waals surface area contributed by atoms with E-state index in [2.05, 4.69) is 10.5 Å². The van der Waals surface area contributed by atoms with Crippen LogP contribution in [-0.2, 0) is 4.74 Å². The Morgan fingerprint density at radius 2 is 1.81 bits per heavy atom. The third kappa shape index (κ3) is 4.04. The number of aromatic carboxylic acids is 1. The number of carboxylic acids is 1. The number of hydrogen-bond donors (Lipinski definition) is 2. The Morgan fingerprint density at radius 3 is 2.44 bits per heavy atom. The number of aromatic nitrogens is 1. The van der Waals surface area contributed by atoms with E-state index < -0.39 is 11.9 Å². The minimum atomic E-state index is -0.991. The van der Waals surface area contributed by atoms with Crippen LogP contribution in [0.4, 0.5) is 5.69 Å². The minimum absolute atomic E-state index is 0.195. The van der Waals surface area contributed by atoms with E-state index >= 15 is 0 Å². The van der Waals surface area contributed by atoms with Gasteiger partial charge in [-0.1, -0.05) is 35.5 Å². The van der Waals surface area contributed by atoms with Crippen molar-refractivity contribution in [2.75, 3.05) is 12.4 Å². The van der Waals surface area contributed by atoms with Crippen LogP contribution in [0.5, 0.6) is 0 Å². The van der Waals surface area contributed by atoms with E-state index in [1.54, 1.807) is 24.4 Å². The molecule has 1 aromatic heterocycles. The van der Waals surface area contributed by atoms with Gasteiger partial charge < -0.3 is 19.7 Å². The highest BCUT2D eigenvalue weighted by Gasteiger charge is 2.23. The second-order valence-corrected chi connectivity index (χ2v) is 5.49. The van der Waals surface area contributed by atoms with Gasteiger partial charge in [-0.25, -0.2) is 9.59 Å². The Hall–Kier alpha value is -3.87.